The summed E-state index contributed by atoms with van der Waals surface area (Å²) >= 11 is 0. The summed E-state index contributed by atoms with van der Waals surface area (Å²) in [6, 6.07) is 6.22. The van der Waals surface area contributed by atoms with Gasteiger partial charge in [-0.25, -0.2) is 8.42 Å². The maximum absolute atomic E-state index is 12.6. The minimum atomic E-state index is -3.57. The highest BCUT2D eigenvalue weighted by atomic mass is 32.2. The van der Waals surface area contributed by atoms with Crippen LogP contribution >= 0.6 is 0 Å². The minimum absolute atomic E-state index is 0.152. The van der Waals surface area contributed by atoms with Gasteiger partial charge in [-0.1, -0.05) is 39.2 Å². The van der Waals surface area contributed by atoms with Gasteiger partial charge in [-0.05, 0) is 37.5 Å². The molecule has 0 aliphatic heterocycles. The fraction of sp³-hybridized carbons (Fsp3) is 0.650. The van der Waals surface area contributed by atoms with Gasteiger partial charge in [0.15, 0.2) is 0 Å². The first-order valence-corrected chi connectivity index (χ1v) is 11.4. The van der Waals surface area contributed by atoms with Gasteiger partial charge >= 0.3 is 0 Å². The Balaban J connectivity index is 1.84. The zero-order chi connectivity index (χ0) is 19.7. The van der Waals surface area contributed by atoms with E-state index >= 15 is 0 Å². The van der Waals surface area contributed by atoms with Crippen molar-refractivity contribution in [2.45, 2.75) is 63.4 Å². The standard InChI is InChI=1S/C20H32N2O4S/c1-3-22(4-2)27(24,25)19-13-8-10-17(16-19)20(23)21-14-9-15-26-18-11-6-5-7-12-18/h8,10,13,16,18H,3-7,9,11-12,14-15H2,1-2H3,(H,21,23). The van der Waals surface area contributed by atoms with E-state index in [1.165, 1.54) is 35.7 Å². The van der Waals surface area contributed by atoms with Crippen LogP contribution in [0.2, 0.25) is 0 Å². The zero-order valence-electron chi connectivity index (χ0n) is 16.4. The van der Waals surface area contributed by atoms with E-state index in [0.29, 0.717) is 37.9 Å². The van der Waals surface area contributed by atoms with Crippen LogP contribution < -0.4 is 5.32 Å². The van der Waals surface area contributed by atoms with Gasteiger partial charge in [0, 0.05) is 31.8 Å². The Labute approximate surface area is 163 Å². The lowest BCUT2D eigenvalue weighted by molar-refractivity contribution is 0.0273. The molecule has 2 rings (SSSR count). The van der Waals surface area contributed by atoms with Gasteiger partial charge in [-0.2, -0.15) is 4.31 Å². The smallest absolute Gasteiger partial charge is 0.251 e. The Morgan fingerprint density at radius 3 is 2.56 bits per heavy atom. The number of hydrogen-bond donors (Lipinski definition) is 1. The molecule has 1 aliphatic rings. The van der Waals surface area contributed by atoms with Crippen molar-refractivity contribution in [2.24, 2.45) is 0 Å². The number of amides is 1. The first kappa shape index (κ1) is 21.9. The van der Waals surface area contributed by atoms with Crippen LogP contribution in [0.4, 0.5) is 0 Å². The third kappa shape index (κ3) is 6.30. The second kappa shape index (κ2) is 10.8. The highest BCUT2D eigenvalue weighted by molar-refractivity contribution is 7.89. The largest absolute Gasteiger partial charge is 0.378 e. The summed E-state index contributed by atoms with van der Waals surface area (Å²) in [5, 5.41) is 2.85. The molecule has 0 heterocycles. The number of carbonyl (C=O) groups is 1. The third-order valence-electron chi connectivity index (χ3n) is 4.95. The van der Waals surface area contributed by atoms with Crippen LogP contribution in [0.15, 0.2) is 29.2 Å². The van der Waals surface area contributed by atoms with Crippen LogP contribution in [-0.2, 0) is 14.8 Å². The quantitative estimate of drug-likeness (QED) is 0.616. The number of ether oxygens (including phenoxy) is 1. The van der Waals surface area contributed by atoms with Crippen LogP contribution in [0.1, 0.15) is 62.7 Å². The number of rotatable bonds is 10. The number of carbonyl (C=O) groups excluding carboxylic acids is 1. The normalized spacial score (nSPS) is 15.8. The lowest BCUT2D eigenvalue weighted by atomic mass is 9.98. The molecule has 1 aliphatic carbocycles. The molecule has 0 bridgehead atoms. The van der Waals surface area contributed by atoms with E-state index in [1.54, 1.807) is 26.0 Å². The number of nitrogens with zero attached hydrogens (tertiary/aromatic N) is 1. The fourth-order valence-corrected chi connectivity index (χ4v) is 4.87. The van der Waals surface area contributed by atoms with Crippen molar-refractivity contribution < 1.29 is 17.9 Å². The summed E-state index contributed by atoms with van der Waals surface area (Å²) in [5.41, 5.74) is 0.358. The predicted molar refractivity (Wildman–Crippen MR) is 106 cm³/mol. The number of sulfonamides is 1. The predicted octanol–water partition coefficient (Wildman–Crippen LogP) is 3.19. The molecular weight excluding hydrogens is 364 g/mol. The van der Waals surface area contributed by atoms with Crippen molar-refractivity contribution in [3.63, 3.8) is 0 Å². The van der Waals surface area contributed by atoms with E-state index in [0.717, 1.165) is 19.3 Å². The summed E-state index contributed by atoms with van der Waals surface area (Å²) in [7, 11) is -3.57. The van der Waals surface area contributed by atoms with Crippen LogP contribution in [0.5, 0.6) is 0 Å². The molecule has 0 saturated heterocycles. The second-order valence-corrected chi connectivity index (χ2v) is 8.80. The van der Waals surface area contributed by atoms with Gasteiger partial charge in [0.25, 0.3) is 5.91 Å². The van der Waals surface area contributed by atoms with Crippen molar-refractivity contribution in [3.8, 4) is 0 Å². The van der Waals surface area contributed by atoms with E-state index in [4.69, 9.17) is 4.74 Å². The molecule has 152 valence electrons. The van der Waals surface area contributed by atoms with E-state index in [-0.39, 0.29) is 10.8 Å². The van der Waals surface area contributed by atoms with E-state index < -0.39 is 10.0 Å². The summed E-state index contributed by atoms with van der Waals surface area (Å²) in [6.45, 7) is 5.55. The molecule has 1 aromatic rings. The van der Waals surface area contributed by atoms with Crippen molar-refractivity contribution in [2.75, 3.05) is 26.2 Å². The molecule has 0 aromatic heterocycles. The first-order chi connectivity index (χ1) is 13.0. The monoisotopic (exact) mass is 396 g/mol. The van der Waals surface area contributed by atoms with Crippen molar-refractivity contribution in [1.29, 1.82) is 0 Å². The molecule has 1 amide bonds. The van der Waals surface area contributed by atoms with Crippen molar-refractivity contribution in [1.82, 2.24) is 9.62 Å². The van der Waals surface area contributed by atoms with Crippen LogP contribution in [-0.4, -0.2) is 51.0 Å². The molecule has 7 heteroatoms. The molecule has 0 radical (unpaired) electrons. The fourth-order valence-electron chi connectivity index (χ4n) is 3.37. The Morgan fingerprint density at radius 2 is 1.89 bits per heavy atom. The Hall–Kier alpha value is -1.44. The molecule has 27 heavy (non-hydrogen) atoms. The van der Waals surface area contributed by atoms with Crippen LogP contribution in [0.3, 0.4) is 0 Å². The van der Waals surface area contributed by atoms with E-state index in [1.807, 2.05) is 0 Å². The van der Waals surface area contributed by atoms with E-state index in [9.17, 15) is 13.2 Å². The topological polar surface area (TPSA) is 75.7 Å². The molecule has 6 nitrogen and oxygen atoms in total. The number of hydrogen-bond acceptors (Lipinski definition) is 4. The van der Waals surface area contributed by atoms with Gasteiger partial charge in [0.2, 0.25) is 10.0 Å². The maximum Gasteiger partial charge on any atom is 0.251 e. The SMILES string of the molecule is CCN(CC)S(=O)(=O)c1cccc(C(=O)NCCCOC2CCCCC2)c1. The summed E-state index contributed by atoms with van der Waals surface area (Å²) in [4.78, 5) is 12.5. The lowest BCUT2D eigenvalue weighted by Crippen LogP contribution is -2.31. The van der Waals surface area contributed by atoms with Gasteiger partial charge < -0.3 is 10.1 Å². The summed E-state index contributed by atoms with van der Waals surface area (Å²) in [6.07, 6.45) is 7.19. The number of benzene rings is 1. The highest BCUT2D eigenvalue weighted by Gasteiger charge is 2.22. The summed E-state index contributed by atoms with van der Waals surface area (Å²) in [5.74, 6) is -0.260. The minimum Gasteiger partial charge on any atom is -0.378 e. The first-order valence-electron chi connectivity index (χ1n) is 9.99. The lowest BCUT2D eigenvalue weighted by Gasteiger charge is -2.21. The van der Waals surface area contributed by atoms with Crippen molar-refractivity contribution in [3.05, 3.63) is 29.8 Å². The Kier molecular flexibility index (Phi) is 8.73. The Bertz CT molecular complexity index is 696. The maximum atomic E-state index is 12.6. The number of nitrogens with one attached hydrogen (secondary N) is 1. The molecule has 0 spiro atoms. The molecule has 1 saturated carbocycles. The Morgan fingerprint density at radius 1 is 1.19 bits per heavy atom. The third-order valence-corrected chi connectivity index (χ3v) is 7.00. The van der Waals surface area contributed by atoms with Gasteiger partial charge in [0.05, 0.1) is 11.0 Å². The highest BCUT2D eigenvalue weighted by Crippen LogP contribution is 2.20. The van der Waals surface area contributed by atoms with Crippen LogP contribution in [0, 0.1) is 0 Å². The molecule has 1 aromatic carbocycles. The van der Waals surface area contributed by atoms with Crippen LogP contribution in [0.25, 0.3) is 0 Å². The zero-order valence-corrected chi connectivity index (χ0v) is 17.3. The molecular formula is C20H32N2O4S. The average Bonchev–Trinajstić information content (AvgIpc) is 2.69. The second-order valence-electron chi connectivity index (χ2n) is 6.86. The molecule has 1 N–H and O–H groups in total. The molecule has 0 unspecified atom stereocenters. The van der Waals surface area contributed by atoms with E-state index in [2.05, 4.69) is 5.32 Å². The van der Waals surface area contributed by atoms with Gasteiger partial charge in [0.1, 0.15) is 0 Å². The molecule has 1 fully saturated rings. The van der Waals surface area contributed by atoms with Crippen molar-refractivity contribution >= 4 is 15.9 Å². The van der Waals surface area contributed by atoms with Gasteiger partial charge in [-0.3, -0.25) is 4.79 Å². The summed E-state index contributed by atoms with van der Waals surface area (Å²) < 4.78 is 32.4. The van der Waals surface area contributed by atoms with Gasteiger partial charge in [-0.15, -0.1) is 0 Å². The average molecular weight is 397 g/mol. The molecule has 0 atom stereocenters.